The standard InChI is InChI=1S/C16H20FN3O2S/c1-11(21)18-6-3-7-20(2)16(22)19-10-14-9-12-8-13(17)4-5-15(12)23-14/h4-5,8-9H,3,6-7,10H2,1-2H3,(H,18,21)(H,19,22). The summed E-state index contributed by atoms with van der Waals surface area (Å²) in [5.41, 5.74) is 0. The number of carbonyl (C=O) groups is 2. The van der Waals surface area contributed by atoms with Crippen LogP contribution in [0.5, 0.6) is 0 Å². The van der Waals surface area contributed by atoms with Crippen molar-refractivity contribution in [2.45, 2.75) is 19.9 Å². The zero-order valence-corrected chi connectivity index (χ0v) is 14.0. The zero-order valence-electron chi connectivity index (χ0n) is 13.2. The minimum atomic E-state index is -0.259. The molecule has 0 spiro atoms. The van der Waals surface area contributed by atoms with E-state index in [1.807, 2.05) is 6.07 Å². The Morgan fingerprint density at radius 1 is 1.26 bits per heavy atom. The van der Waals surface area contributed by atoms with Crippen LogP contribution < -0.4 is 10.6 Å². The van der Waals surface area contributed by atoms with Crippen molar-refractivity contribution in [1.29, 1.82) is 0 Å². The van der Waals surface area contributed by atoms with Crippen LogP contribution in [0.1, 0.15) is 18.2 Å². The quantitative estimate of drug-likeness (QED) is 0.796. The predicted molar refractivity (Wildman–Crippen MR) is 89.9 cm³/mol. The number of fused-ring (bicyclic) bond motifs is 1. The maximum absolute atomic E-state index is 13.2. The lowest BCUT2D eigenvalue weighted by Crippen LogP contribution is -2.38. The highest BCUT2D eigenvalue weighted by molar-refractivity contribution is 7.19. The predicted octanol–water partition coefficient (Wildman–Crippen LogP) is 2.71. The number of amides is 3. The number of urea groups is 1. The van der Waals surface area contributed by atoms with Gasteiger partial charge < -0.3 is 15.5 Å². The average Bonchev–Trinajstić information content (AvgIpc) is 2.90. The minimum absolute atomic E-state index is 0.0710. The van der Waals surface area contributed by atoms with E-state index in [4.69, 9.17) is 0 Å². The molecule has 5 nitrogen and oxygen atoms in total. The van der Waals surface area contributed by atoms with Gasteiger partial charge in [0.2, 0.25) is 5.91 Å². The Balaban J connectivity index is 1.79. The molecule has 0 aliphatic carbocycles. The Hall–Kier alpha value is -2.15. The van der Waals surface area contributed by atoms with Gasteiger partial charge in [-0.1, -0.05) is 0 Å². The lowest BCUT2D eigenvalue weighted by Gasteiger charge is -2.17. The lowest BCUT2D eigenvalue weighted by molar-refractivity contribution is -0.118. The fourth-order valence-corrected chi connectivity index (χ4v) is 3.12. The molecule has 2 N–H and O–H groups in total. The Morgan fingerprint density at radius 3 is 2.78 bits per heavy atom. The van der Waals surface area contributed by atoms with Crippen molar-refractivity contribution < 1.29 is 14.0 Å². The molecule has 0 saturated heterocycles. The fraction of sp³-hybridized carbons (Fsp3) is 0.375. The van der Waals surface area contributed by atoms with Crippen molar-refractivity contribution in [3.05, 3.63) is 35.0 Å². The molecule has 23 heavy (non-hydrogen) atoms. The molecule has 0 saturated carbocycles. The second-order valence-corrected chi connectivity index (χ2v) is 6.48. The van der Waals surface area contributed by atoms with Gasteiger partial charge in [-0.3, -0.25) is 4.79 Å². The van der Waals surface area contributed by atoms with E-state index in [0.29, 0.717) is 26.1 Å². The number of nitrogens with zero attached hydrogens (tertiary/aromatic N) is 1. The summed E-state index contributed by atoms with van der Waals surface area (Å²) in [6, 6.07) is 6.39. The first kappa shape index (κ1) is 17.2. The summed E-state index contributed by atoms with van der Waals surface area (Å²) in [4.78, 5) is 25.3. The van der Waals surface area contributed by atoms with Gasteiger partial charge in [-0.15, -0.1) is 11.3 Å². The molecule has 1 aromatic heterocycles. The van der Waals surface area contributed by atoms with Gasteiger partial charge in [0.15, 0.2) is 0 Å². The number of rotatable bonds is 6. The molecule has 0 unspecified atom stereocenters. The summed E-state index contributed by atoms with van der Waals surface area (Å²) in [5.74, 6) is -0.330. The van der Waals surface area contributed by atoms with E-state index >= 15 is 0 Å². The number of halogens is 1. The summed E-state index contributed by atoms with van der Waals surface area (Å²) in [6.45, 7) is 2.99. The molecule has 2 rings (SSSR count). The number of hydrogen-bond acceptors (Lipinski definition) is 3. The molecule has 1 heterocycles. The van der Waals surface area contributed by atoms with Gasteiger partial charge in [0.1, 0.15) is 5.82 Å². The molecule has 124 valence electrons. The van der Waals surface area contributed by atoms with Crippen LogP contribution in [0.4, 0.5) is 9.18 Å². The van der Waals surface area contributed by atoms with Crippen LogP contribution in [-0.2, 0) is 11.3 Å². The molecule has 1 aromatic carbocycles. The lowest BCUT2D eigenvalue weighted by atomic mass is 10.2. The fourth-order valence-electron chi connectivity index (χ4n) is 2.14. The van der Waals surface area contributed by atoms with E-state index < -0.39 is 0 Å². The van der Waals surface area contributed by atoms with Gasteiger partial charge in [0.05, 0.1) is 6.54 Å². The normalized spacial score (nSPS) is 10.6. The van der Waals surface area contributed by atoms with Crippen molar-refractivity contribution in [2.24, 2.45) is 0 Å². The number of nitrogens with one attached hydrogen (secondary N) is 2. The molecule has 0 radical (unpaired) electrons. The second kappa shape index (κ2) is 7.92. The molecular weight excluding hydrogens is 317 g/mol. The van der Waals surface area contributed by atoms with Gasteiger partial charge in [-0.2, -0.15) is 0 Å². The Morgan fingerprint density at radius 2 is 2.04 bits per heavy atom. The largest absolute Gasteiger partial charge is 0.356 e. The maximum Gasteiger partial charge on any atom is 0.317 e. The molecular formula is C16H20FN3O2S. The average molecular weight is 337 g/mol. The van der Waals surface area contributed by atoms with E-state index in [-0.39, 0.29) is 17.8 Å². The summed E-state index contributed by atoms with van der Waals surface area (Å²) in [6.07, 6.45) is 0.700. The van der Waals surface area contributed by atoms with E-state index in [9.17, 15) is 14.0 Å². The van der Waals surface area contributed by atoms with E-state index in [1.54, 1.807) is 18.0 Å². The number of hydrogen-bond donors (Lipinski definition) is 2. The molecule has 2 aromatic rings. The molecule has 3 amide bonds. The summed E-state index contributed by atoms with van der Waals surface area (Å²) in [7, 11) is 1.71. The van der Waals surface area contributed by atoms with Gasteiger partial charge >= 0.3 is 6.03 Å². The van der Waals surface area contributed by atoms with Crippen LogP contribution in [0.2, 0.25) is 0 Å². The number of thiophene rings is 1. The molecule has 0 aliphatic rings. The highest BCUT2D eigenvalue weighted by atomic mass is 32.1. The van der Waals surface area contributed by atoms with Crippen LogP contribution in [0.25, 0.3) is 10.1 Å². The highest BCUT2D eigenvalue weighted by Crippen LogP contribution is 2.26. The maximum atomic E-state index is 13.2. The Labute approximate surface area is 138 Å². The van der Waals surface area contributed by atoms with Crippen LogP contribution in [-0.4, -0.2) is 37.0 Å². The van der Waals surface area contributed by atoms with Crippen LogP contribution >= 0.6 is 11.3 Å². The van der Waals surface area contributed by atoms with Crippen LogP contribution in [0.15, 0.2) is 24.3 Å². The summed E-state index contributed by atoms with van der Waals surface area (Å²) in [5, 5.41) is 6.38. The highest BCUT2D eigenvalue weighted by Gasteiger charge is 2.09. The minimum Gasteiger partial charge on any atom is -0.356 e. The summed E-state index contributed by atoms with van der Waals surface area (Å²) >= 11 is 1.54. The molecule has 0 aliphatic heterocycles. The Bertz CT molecular complexity index is 702. The van der Waals surface area contributed by atoms with Gasteiger partial charge in [-0.05, 0) is 36.1 Å². The molecule has 0 atom stereocenters. The number of carbonyl (C=O) groups excluding carboxylic acids is 2. The third kappa shape index (κ3) is 5.21. The van der Waals surface area contributed by atoms with E-state index in [2.05, 4.69) is 10.6 Å². The van der Waals surface area contributed by atoms with Crippen molar-refractivity contribution >= 4 is 33.4 Å². The number of benzene rings is 1. The van der Waals surface area contributed by atoms with E-state index in [1.165, 1.54) is 30.4 Å². The SMILES string of the molecule is CC(=O)NCCCN(C)C(=O)NCc1cc2cc(F)ccc2s1. The summed E-state index contributed by atoms with van der Waals surface area (Å²) < 4.78 is 14.2. The first-order chi connectivity index (χ1) is 11.0. The van der Waals surface area contributed by atoms with Crippen LogP contribution in [0.3, 0.4) is 0 Å². The molecule has 0 bridgehead atoms. The van der Waals surface area contributed by atoms with Gasteiger partial charge in [-0.25, -0.2) is 9.18 Å². The molecule has 0 fully saturated rings. The first-order valence-electron chi connectivity index (χ1n) is 7.37. The third-order valence-electron chi connectivity index (χ3n) is 3.33. The first-order valence-corrected chi connectivity index (χ1v) is 8.19. The van der Waals surface area contributed by atoms with Gasteiger partial charge in [0, 0.05) is 36.6 Å². The van der Waals surface area contributed by atoms with Crippen molar-refractivity contribution in [3.63, 3.8) is 0 Å². The smallest absolute Gasteiger partial charge is 0.317 e. The van der Waals surface area contributed by atoms with Crippen LogP contribution in [0, 0.1) is 5.82 Å². The van der Waals surface area contributed by atoms with Crippen molar-refractivity contribution in [2.75, 3.05) is 20.1 Å². The van der Waals surface area contributed by atoms with Gasteiger partial charge in [0.25, 0.3) is 0 Å². The zero-order chi connectivity index (χ0) is 16.8. The molecule has 7 heteroatoms. The van der Waals surface area contributed by atoms with Crippen molar-refractivity contribution in [1.82, 2.24) is 15.5 Å². The van der Waals surface area contributed by atoms with Crippen molar-refractivity contribution in [3.8, 4) is 0 Å². The second-order valence-electron chi connectivity index (χ2n) is 5.31. The topological polar surface area (TPSA) is 61.4 Å². The monoisotopic (exact) mass is 337 g/mol. The van der Waals surface area contributed by atoms with E-state index in [0.717, 1.165) is 15.0 Å². The Kier molecular flexibility index (Phi) is 5.92. The third-order valence-corrected chi connectivity index (χ3v) is 4.45.